The van der Waals surface area contributed by atoms with Gasteiger partial charge in [0.1, 0.15) is 0 Å². The second-order valence-corrected chi connectivity index (χ2v) is 4.81. The molecule has 25 heavy (non-hydrogen) atoms. The molecular weight excluding hydrogens is 373 g/mol. The van der Waals surface area contributed by atoms with Gasteiger partial charge in [0.15, 0.2) is 5.78 Å². The van der Waals surface area contributed by atoms with Crippen molar-refractivity contribution in [1.82, 2.24) is 0 Å². The number of alkyl halides is 9. The first-order valence-corrected chi connectivity index (χ1v) is 6.18. The Morgan fingerprint density at radius 2 is 1.24 bits per heavy atom. The second-order valence-electron chi connectivity index (χ2n) is 4.81. The summed E-state index contributed by atoms with van der Waals surface area (Å²) in [6.45, 7) is 1.13. The van der Waals surface area contributed by atoms with Gasteiger partial charge in [-0.15, -0.1) is 0 Å². The lowest BCUT2D eigenvalue weighted by Gasteiger charge is -2.32. The minimum atomic E-state index is -7.15. The van der Waals surface area contributed by atoms with E-state index in [1.54, 1.807) is 0 Å². The Hall–Kier alpha value is -2.27. The van der Waals surface area contributed by atoms with Gasteiger partial charge in [0.05, 0.1) is 0 Å². The van der Waals surface area contributed by atoms with E-state index in [2.05, 4.69) is 0 Å². The molecule has 140 valence electrons. The van der Waals surface area contributed by atoms with Crippen molar-refractivity contribution in [2.24, 2.45) is 0 Å². The summed E-state index contributed by atoms with van der Waals surface area (Å²) in [6.07, 6.45) is -7.01. The van der Waals surface area contributed by atoms with Gasteiger partial charge in [-0.05, 0) is 31.2 Å². The first-order valence-electron chi connectivity index (χ1n) is 6.18. The highest BCUT2D eigenvalue weighted by Crippen LogP contribution is 2.53. The Morgan fingerprint density at radius 1 is 0.800 bits per heavy atom. The molecule has 1 rings (SSSR count). The average Bonchev–Trinajstić information content (AvgIpc) is 2.46. The third kappa shape index (κ3) is 3.56. The Bertz CT molecular complexity index is 665. The Kier molecular flexibility index (Phi) is 5.17. The van der Waals surface area contributed by atoms with E-state index in [-0.39, 0.29) is 5.56 Å². The molecule has 1 aromatic rings. The van der Waals surface area contributed by atoms with Crippen LogP contribution < -0.4 is 5.32 Å². The normalized spacial score (nSPS) is 13.5. The van der Waals surface area contributed by atoms with Crippen LogP contribution in [-0.2, 0) is 4.79 Å². The van der Waals surface area contributed by atoms with Crippen molar-refractivity contribution in [3.05, 3.63) is 29.8 Å². The first-order chi connectivity index (χ1) is 11.1. The molecule has 0 fully saturated rings. The Balaban J connectivity index is 3.11. The zero-order chi connectivity index (χ0) is 19.8. The maximum atomic E-state index is 13.3. The molecule has 0 spiro atoms. The fourth-order valence-electron chi connectivity index (χ4n) is 1.52. The highest BCUT2D eigenvalue weighted by molar-refractivity contribution is 5.98. The molecule has 0 saturated heterocycles. The zero-order valence-electron chi connectivity index (χ0n) is 12.0. The van der Waals surface area contributed by atoms with Crippen molar-refractivity contribution in [3.63, 3.8) is 0 Å². The van der Waals surface area contributed by atoms with Gasteiger partial charge >= 0.3 is 29.9 Å². The summed E-state index contributed by atoms with van der Waals surface area (Å²) < 4.78 is 114. The van der Waals surface area contributed by atoms with Crippen LogP contribution in [0.15, 0.2) is 24.3 Å². The van der Waals surface area contributed by atoms with Gasteiger partial charge in [0, 0.05) is 11.3 Å². The smallest absolute Gasteiger partial charge is 0.321 e. The number of ketones is 1. The largest absolute Gasteiger partial charge is 0.460 e. The number of hydrogen-bond acceptors (Lipinski definition) is 2. The Morgan fingerprint density at radius 3 is 1.60 bits per heavy atom. The molecule has 12 heteroatoms. The van der Waals surface area contributed by atoms with Crippen LogP contribution in [0.4, 0.5) is 45.2 Å². The highest BCUT2D eigenvalue weighted by atomic mass is 19.4. The summed E-state index contributed by atoms with van der Waals surface area (Å²) >= 11 is 0. The molecule has 1 aromatic carbocycles. The fraction of sp³-hybridized carbons (Fsp3) is 0.385. The lowest BCUT2D eigenvalue weighted by Crippen LogP contribution is -2.64. The quantitative estimate of drug-likeness (QED) is 0.611. The van der Waals surface area contributed by atoms with Crippen LogP contribution in [0.25, 0.3) is 0 Å². The van der Waals surface area contributed by atoms with Gasteiger partial charge in [0.2, 0.25) is 0 Å². The molecule has 0 aliphatic heterocycles. The van der Waals surface area contributed by atoms with Crippen molar-refractivity contribution in [3.8, 4) is 0 Å². The molecular formula is C13H8F9NO2. The predicted molar refractivity (Wildman–Crippen MR) is 66.0 cm³/mol. The molecule has 0 unspecified atom stereocenters. The summed E-state index contributed by atoms with van der Waals surface area (Å²) in [5, 5.41) is 1.10. The monoisotopic (exact) mass is 381 g/mol. The standard InChI is InChI=1S/C13H8F9NO2/c1-6(24)7-2-4-8(5-3-7)23-9(25)10(14,15)11(16,17)12(18,19)13(20,21)22/h2-5H,1H3,(H,23,25). The minimum Gasteiger partial charge on any atom is -0.321 e. The van der Waals surface area contributed by atoms with Crippen molar-refractivity contribution in [2.75, 3.05) is 5.32 Å². The molecule has 3 nitrogen and oxygen atoms in total. The maximum absolute atomic E-state index is 13.3. The summed E-state index contributed by atoms with van der Waals surface area (Å²) in [6, 6.07) is 3.56. The van der Waals surface area contributed by atoms with Crippen LogP contribution in [-0.4, -0.2) is 35.6 Å². The third-order valence-corrected chi connectivity index (χ3v) is 2.98. The number of amides is 1. The van der Waals surface area contributed by atoms with Gasteiger partial charge in [-0.1, -0.05) is 0 Å². The topological polar surface area (TPSA) is 46.2 Å². The SMILES string of the molecule is CC(=O)c1ccc(NC(=O)C(F)(F)C(F)(F)C(F)(F)C(F)(F)F)cc1. The second kappa shape index (κ2) is 6.23. The van der Waals surface area contributed by atoms with Gasteiger partial charge < -0.3 is 5.32 Å². The van der Waals surface area contributed by atoms with Crippen LogP contribution in [0.3, 0.4) is 0 Å². The van der Waals surface area contributed by atoms with Crippen LogP contribution in [0.1, 0.15) is 17.3 Å². The number of anilines is 1. The maximum Gasteiger partial charge on any atom is 0.460 e. The van der Waals surface area contributed by atoms with Gasteiger partial charge in [-0.2, -0.15) is 39.5 Å². The molecule has 0 bridgehead atoms. The lowest BCUT2D eigenvalue weighted by molar-refractivity contribution is -0.388. The lowest BCUT2D eigenvalue weighted by atomic mass is 10.0. The van der Waals surface area contributed by atoms with E-state index in [9.17, 15) is 49.1 Å². The molecule has 0 aromatic heterocycles. The van der Waals surface area contributed by atoms with E-state index in [1.165, 1.54) is 0 Å². The molecule has 0 radical (unpaired) electrons. The van der Waals surface area contributed by atoms with Crippen molar-refractivity contribution in [1.29, 1.82) is 0 Å². The summed E-state index contributed by atoms with van der Waals surface area (Å²) in [4.78, 5) is 22.1. The predicted octanol–water partition coefficient (Wildman–Crippen LogP) is 4.30. The molecule has 0 saturated carbocycles. The van der Waals surface area contributed by atoms with E-state index in [4.69, 9.17) is 0 Å². The number of benzene rings is 1. The number of carbonyl (C=O) groups is 2. The van der Waals surface area contributed by atoms with Crippen molar-refractivity contribution >= 4 is 17.4 Å². The van der Waals surface area contributed by atoms with Gasteiger partial charge in [-0.3, -0.25) is 9.59 Å². The number of carbonyl (C=O) groups excluding carboxylic acids is 2. The third-order valence-electron chi connectivity index (χ3n) is 2.98. The Labute approximate surface area is 133 Å². The highest BCUT2D eigenvalue weighted by Gasteiger charge is 2.83. The summed E-state index contributed by atoms with van der Waals surface area (Å²) in [5.74, 6) is -24.1. The fourth-order valence-corrected chi connectivity index (χ4v) is 1.52. The van der Waals surface area contributed by atoms with E-state index >= 15 is 0 Å². The van der Waals surface area contributed by atoms with E-state index in [1.807, 2.05) is 0 Å². The summed E-state index contributed by atoms with van der Waals surface area (Å²) in [5.41, 5.74) is -0.584. The number of halogens is 9. The summed E-state index contributed by atoms with van der Waals surface area (Å²) in [7, 11) is 0. The van der Waals surface area contributed by atoms with E-state index in [0.717, 1.165) is 36.5 Å². The molecule has 0 heterocycles. The van der Waals surface area contributed by atoms with E-state index < -0.39 is 41.3 Å². The number of rotatable bonds is 5. The number of nitrogens with one attached hydrogen (secondary N) is 1. The van der Waals surface area contributed by atoms with Crippen LogP contribution in [0.2, 0.25) is 0 Å². The van der Waals surface area contributed by atoms with Crippen molar-refractivity contribution in [2.45, 2.75) is 30.9 Å². The first kappa shape index (κ1) is 20.8. The molecule has 1 amide bonds. The van der Waals surface area contributed by atoms with Crippen LogP contribution >= 0.6 is 0 Å². The molecule has 0 atom stereocenters. The zero-order valence-corrected chi connectivity index (χ0v) is 12.0. The van der Waals surface area contributed by atoms with E-state index in [0.29, 0.717) is 0 Å². The van der Waals surface area contributed by atoms with Crippen LogP contribution in [0.5, 0.6) is 0 Å². The van der Waals surface area contributed by atoms with Crippen LogP contribution in [0, 0.1) is 0 Å². The minimum absolute atomic E-state index is 0.0405. The molecule has 0 aliphatic carbocycles. The average molecular weight is 381 g/mol. The molecule has 0 aliphatic rings. The van der Waals surface area contributed by atoms with Gasteiger partial charge in [0.25, 0.3) is 0 Å². The van der Waals surface area contributed by atoms with Gasteiger partial charge in [-0.25, -0.2) is 0 Å². The number of Topliss-reactive ketones (excluding diaryl/α,β-unsaturated/α-hetero) is 1. The number of hydrogen-bond donors (Lipinski definition) is 1. The van der Waals surface area contributed by atoms with Crippen molar-refractivity contribution < 1.29 is 49.1 Å². The molecule has 1 N–H and O–H groups in total.